The van der Waals surface area contributed by atoms with E-state index in [9.17, 15) is 42.8 Å². The molecule has 103 heavy (non-hydrogen) atoms. The van der Waals surface area contributed by atoms with Crippen molar-refractivity contribution in [1.82, 2.24) is 0 Å². The average molecular weight is 1520 g/mol. The molecule has 0 aliphatic heterocycles. The molecule has 0 amide bonds. The first-order valence-electron chi connectivity index (χ1n) is 37.7. The van der Waals surface area contributed by atoms with Crippen LogP contribution < -0.4 is 28.9 Å². The number of esters is 3. The van der Waals surface area contributed by atoms with Crippen molar-refractivity contribution in [2.45, 2.75) is 252 Å². The summed E-state index contributed by atoms with van der Waals surface area (Å²) in [6.07, 6.45) is 47.2. The Morgan fingerprint density at radius 3 is 0.631 bits per heavy atom. The first-order chi connectivity index (χ1) is 49.4. The molecule has 0 fully saturated rings. The van der Waals surface area contributed by atoms with Crippen LogP contribution in [0.2, 0.25) is 0 Å². The molecule has 0 saturated heterocycles. The van der Waals surface area contributed by atoms with E-state index in [0.29, 0.717) is 57.8 Å². The fourth-order valence-electron chi connectivity index (χ4n) is 9.85. The van der Waals surface area contributed by atoms with Gasteiger partial charge in [-0.3, -0.25) is 13.7 Å². The quantitative estimate of drug-likeness (QED) is 0.0127. The molecule has 0 saturated carbocycles. The molecule has 3 atom stereocenters. The number of phosphoric ester groups is 3. The van der Waals surface area contributed by atoms with E-state index < -0.39 is 41.4 Å². The van der Waals surface area contributed by atoms with Crippen LogP contribution in [0.15, 0.2) is 91.0 Å². The van der Waals surface area contributed by atoms with Gasteiger partial charge in [0.1, 0.15) is 17.2 Å². The largest absolute Gasteiger partial charge is 3.00 e. The normalized spacial score (nSPS) is 13.0. The minimum Gasteiger partial charge on any atom is -0.756 e. The van der Waals surface area contributed by atoms with E-state index in [4.69, 9.17) is 55.6 Å². The summed E-state index contributed by atoms with van der Waals surface area (Å²) in [4.78, 5) is 70.5. The fourth-order valence-corrected chi connectivity index (χ4v) is 12.2. The number of carbonyl (C=O) groups is 3. The Morgan fingerprint density at radius 1 is 0.282 bits per heavy atom. The van der Waals surface area contributed by atoms with Gasteiger partial charge in [-0.1, -0.05) is 231 Å². The SMILES string of the molecule is CCCCCCCCCCCCOP(=O)([O-])OCCCCOC(=O)/C=C/c1ccc(OC)cc1.CCCCCCCCCCCCOP(=O)([O-])OCCCCOC(=O)/C=C/c1ccc(OC)cc1.CCCCCCCCCCCCOP(=O)([O-])OCCCCOC(=O)/C=C\c1ccc(OC)cc1.[Al+3]. The van der Waals surface area contributed by atoms with Crippen LogP contribution in [0.1, 0.15) is 269 Å². The van der Waals surface area contributed by atoms with Crippen molar-refractivity contribution in [3.05, 3.63) is 108 Å². The van der Waals surface area contributed by atoms with Crippen LogP contribution >= 0.6 is 23.5 Å². The summed E-state index contributed by atoms with van der Waals surface area (Å²) in [5, 5.41) is 0. The third-order valence-corrected chi connectivity index (χ3v) is 18.9. The molecule has 0 aliphatic rings. The Morgan fingerprint density at radius 2 is 0.447 bits per heavy atom. The standard InChI is InChI=1S/3C26H43O7P.Al/c3*1-3-4-5-6-7-8-9-10-11-12-22-32-34(28,29)33-23-14-13-21-31-26(27)20-17-24-15-18-25(30-2)19-16-24;/h3*15-20H,3-14,21-23H2,1-2H3,(H,28,29);/q;;;+3/p-3/b2*20-17+;20-17-;. The third kappa shape index (κ3) is 63.4. The molecule has 0 spiro atoms. The molecular weight excluding hydrogens is 1390 g/mol. The van der Waals surface area contributed by atoms with Crippen LogP contribution in [0.5, 0.6) is 17.2 Å². The molecule has 0 heterocycles. The van der Waals surface area contributed by atoms with Crippen molar-refractivity contribution >= 4 is 77.0 Å². The van der Waals surface area contributed by atoms with E-state index in [2.05, 4.69) is 20.8 Å². The van der Waals surface area contributed by atoms with Crippen LogP contribution in [0, 0.1) is 0 Å². The zero-order valence-electron chi connectivity index (χ0n) is 63.2. The second kappa shape index (κ2) is 68.1. The summed E-state index contributed by atoms with van der Waals surface area (Å²) in [5.74, 6) is 0.875. The Labute approximate surface area is 629 Å². The van der Waals surface area contributed by atoms with E-state index in [1.165, 1.54) is 153 Å². The summed E-state index contributed by atoms with van der Waals surface area (Å²) in [7, 11) is -8.02. The van der Waals surface area contributed by atoms with Gasteiger partial charge in [0.2, 0.25) is 0 Å². The molecule has 582 valence electrons. The summed E-state index contributed by atoms with van der Waals surface area (Å²) < 4.78 is 95.2. The van der Waals surface area contributed by atoms with Gasteiger partial charge < -0.3 is 70.2 Å². The van der Waals surface area contributed by atoms with Gasteiger partial charge in [-0.2, -0.15) is 0 Å². The molecule has 21 nitrogen and oxygen atoms in total. The number of phosphoric acid groups is 3. The van der Waals surface area contributed by atoms with Gasteiger partial charge in [0, 0.05) is 18.2 Å². The van der Waals surface area contributed by atoms with Crippen LogP contribution in [0.25, 0.3) is 18.2 Å². The van der Waals surface area contributed by atoms with Crippen LogP contribution in [0.4, 0.5) is 0 Å². The second-order valence-corrected chi connectivity index (χ2v) is 29.1. The Kier molecular flexibility index (Phi) is 65.2. The topological polar surface area (TPSA) is 282 Å². The molecule has 3 unspecified atom stereocenters. The van der Waals surface area contributed by atoms with Crippen molar-refractivity contribution in [1.29, 1.82) is 0 Å². The van der Waals surface area contributed by atoms with Gasteiger partial charge in [0.05, 0.1) is 80.8 Å². The maximum Gasteiger partial charge on any atom is 3.00 e. The maximum atomic E-state index is 11.8. The van der Waals surface area contributed by atoms with E-state index in [1.54, 1.807) is 76.0 Å². The van der Waals surface area contributed by atoms with Crippen molar-refractivity contribution in [3.8, 4) is 17.2 Å². The van der Waals surface area contributed by atoms with Gasteiger partial charge in [-0.15, -0.1) is 0 Å². The fraction of sp³-hybridized carbons (Fsp3) is 0.654. The van der Waals surface area contributed by atoms with Crippen molar-refractivity contribution in [2.75, 3.05) is 80.8 Å². The third-order valence-electron chi connectivity index (χ3n) is 15.9. The Hall–Kier alpha value is -4.45. The number of carbonyl (C=O) groups excluding carboxylic acids is 3. The average Bonchev–Trinajstić information content (AvgIpc) is 1.05. The summed E-state index contributed by atoms with van der Waals surface area (Å²) in [5.41, 5.74) is 2.57. The van der Waals surface area contributed by atoms with Crippen LogP contribution in [-0.4, -0.2) is 116 Å². The molecule has 0 aromatic heterocycles. The molecule has 0 aliphatic carbocycles. The van der Waals surface area contributed by atoms with Crippen LogP contribution in [0.3, 0.4) is 0 Å². The molecule has 3 aromatic carbocycles. The zero-order valence-corrected chi connectivity index (χ0v) is 67.0. The molecule has 25 heteroatoms. The predicted octanol–water partition coefficient (Wildman–Crippen LogP) is 19.0. The van der Waals surface area contributed by atoms with E-state index >= 15 is 0 Å². The minimum atomic E-state index is -4.27. The summed E-state index contributed by atoms with van der Waals surface area (Å²) in [6.45, 7) is 7.76. The first-order valence-corrected chi connectivity index (χ1v) is 42.1. The van der Waals surface area contributed by atoms with Crippen molar-refractivity contribution in [2.24, 2.45) is 0 Å². The van der Waals surface area contributed by atoms with Crippen molar-refractivity contribution < 1.29 is 98.3 Å². The van der Waals surface area contributed by atoms with Gasteiger partial charge in [0.25, 0.3) is 23.5 Å². The van der Waals surface area contributed by atoms with Gasteiger partial charge >= 0.3 is 35.3 Å². The number of unbranched alkanes of at least 4 members (excludes halogenated alkanes) is 30. The number of benzene rings is 3. The molecule has 0 N–H and O–H groups in total. The first kappa shape index (κ1) is 98.6. The smallest absolute Gasteiger partial charge is 0.756 e. The number of methoxy groups -OCH3 is 3. The van der Waals surface area contributed by atoms with Gasteiger partial charge in [-0.05, 0) is 129 Å². The summed E-state index contributed by atoms with van der Waals surface area (Å²) in [6, 6.07) is 21.8. The van der Waals surface area contributed by atoms with E-state index in [1.807, 2.05) is 36.4 Å². The van der Waals surface area contributed by atoms with E-state index in [-0.39, 0.29) is 76.8 Å². The molecule has 3 rings (SSSR count). The number of hydrogen-bond donors (Lipinski definition) is 0. The molecule has 3 aromatic rings. The second-order valence-electron chi connectivity index (χ2n) is 24.8. The Bertz CT molecular complexity index is 2460. The van der Waals surface area contributed by atoms with Crippen molar-refractivity contribution in [3.63, 3.8) is 0 Å². The number of ether oxygens (including phenoxy) is 6. The molecular formula is C78H126AlO21P3. The predicted molar refractivity (Wildman–Crippen MR) is 406 cm³/mol. The molecule has 0 radical (unpaired) electrons. The number of rotatable bonds is 63. The minimum absolute atomic E-state index is 0. The maximum absolute atomic E-state index is 11.8. The summed E-state index contributed by atoms with van der Waals surface area (Å²) >= 11 is 0. The van der Waals surface area contributed by atoms with E-state index in [0.717, 1.165) is 72.5 Å². The van der Waals surface area contributed by atoms with Gasteiger partial charge in [0.15, 0.2) is 0 Å². The number of hydrogen-bond acceptors (Lipinski definition) is 21. The zero-order chi connectivity index (χ0) is 74.7. The molecule has 0 bridgehead atoms. The van der Waals surface area contributed by atoms with Crippen LogP contribution in [-0.2, 0) is 69.4 Å². The Balaban J connectivity index is 0.00000151. The monoisotopic (exact) mass is 1520 g/mol. The van der Waals surface area contributed by atoms with Gasteiger partial charge in [-0.25, -0.2) is 14.4 Å².